The molecule has 0 saturated carbocycles. The van der Waals surface area contributed by atoms with Gasteiger partial charge in [0.2, 0.25) is 0 Å². The van der Waals surface area contributed by atoms with Gasteiger partial charge < -0.3 is 15.3 Å². The molecule has 1 fully saturated rings. The second-order valence-corrected chi connectivity index (χ2v) is 5.60. The van der Waals surface area contributed by atoms with Gasteiger partial charge in [0.25, 0.3) is 0 Å². The fourth-order valence-corrected chi connectivity index (χ4v) is 2.59. The molecule has 0 aromatic heterocycles. The topological polar surface area (TPSA) is 35.5 Å². The van der Waals surface area contributed by atoms with Crippen molar-refractivity contribution in [2.75, 3.05) is 39.8 Å². The molecule has 0 bridgehead atoms. The third kappa shape index (κ3) is 4.04. The molecule has 2 N–H and O–H groups in total. The number of piperidine rings is 1. The molecule has 3 heteroatoms. The molecule has 96 valence electrons. The second kappa shape index (κ2) is 6.58. The molecule has 1 aliphatic heterocycles. The van der Waals surface area contributed by atoms with E-state index in [0.29, 0.717) is 17.9 Å². The Labute approximate surface area is 100 Å². The molecular weight excluding hydrogens is 200 g/mol. The SMILES string of the molecule is CCC(C)(CNC)CN1CCC(CO)CC1. The summed E-state index contributed by atoms with van der Waals surface area (Å²) >= 11 is 0. The molecule has 1 heterocycles. The summed E-state index contributed by atoms with van der Waals surface area (Å²) in [6.07, 6.45) is 3.54. The van der Waals surface area contributed by atoms with E-state index in [1.54, 1.807) is 0 Å². The van der Waals surface area contributed by atoms with Crippen molar-refractivity contribution >= 4 is 0 Å². The van der Waals surface area contributed by atoms with E-state index in [9.17, 15) is 0 Å². The zero-order valence-electron chi connectivity index (χ0n) is 11.1. The molecule has 1 aliphatic rings. The van der Waals surface area contributed by atoms with E-state index in [0.717, 1.165) is 32.5 Å². The van der Waals surface area contributed by atoms with Crippen LogP contribution >= 0.6 is 0 Å². The molecule has 0 spiro atoms. The zero-order chi connectivity index (χ0) is 12.0. The molecule has 0 aromatic rings. The molecule has 0 aliphatic carbocycles. The lowest BCUT2D eigenvalue weighted by atomic mass is 9.85. The van der Waals surface area contributed by atoms with Crippen molar-refractivity contribution in [3.05, 3.63) is 0 Å². The van der Waals surface area contributed by atoms with Crippen LogP contribution in [-0.4, -0.2) is 49.8 Å². The Hall–Kier alpha value is -0.120. The first kappa shape index (κ1) is 13.9. The van der Waals surface area contributed by atoms with Gasteiger partial charge in [0.1, 0.15) is 0 Å². The molecule has 1 rings (SSSR count). The maximum absolute atomic E-state index is 9.11. The molecule has 1 unspecified atom stereocenters. The number of nitrogens with zero attached hydrogens (tertiary/aromatic N) is 1. The number of rotatable bonds is 6. The van der Waals surface area contributed by atoms with E-state index >= 15 is 0 Å². The van der Waals surface area contributed by atoms with Gasteiger partial charge in [0.15, 0.2) is 0 Å². The van der Waals surface area contributed by atoms with Crippen molar-refractivity contribution in [3.8, 4) is 0 Å². The Morgan fingerprint density at radius 3 is 2.44 bits per heavy atom. The van der Waals surface area contributed by atoms with E-state index in [2.05, 4.69) is 24.1 Å². The Bertz CT molecular complexity index is 190. The smallest absolute Gasteiger partial charge is 0.0460 e. The van der Waals surface area contributed by atoms with Crippen molar-refractivity contribution in [3.63, 3.8) is 0 Å². The predicted molar refractivity (Wildman–Crippen MR) is 68.6 cm³/mol. The van der Waals surface area contributed by atoms with Gasteiger partial charge in [-0.25, -0.2) is 0 Å². The van der Waals surface area contributed by atoms with Crippen molar-refractivity contribution in [1.82, 2.24) is 10.2 Å². The Balaban J connectivity index is 2.36. The monoisotopic (exact) mass is 228 g/mol. The van der Waals surface area contributed by atoms with Crippen LogP contribution < -0.4 is 5.32 Å². The van der Waals surface area contributed by atoms with Gasteiger partial charge in [0.05, 0.1) is 0 Å². The molecule has 1 atom stereocenters. The van der Waals surface area contributed by atoms with Crippen LogP contribution in [0.4, 0.5) is 0 Å². The summed E-state index contributed by atoms with van der Waals surface area (Å²) in [4.78, 5) is 2.56. The summed E-state index contributed by atoms with van der Waals surface area (Å²) in [5.41, 5.74) is 0.390. The highest BCUT2D eigenvalue weighted by molar-refractivity contribution is 4.81. The number of aliphatic hydroxyl groups is 1. The third-order valence-corrected chi connectivity index (χ3v) is 4.03. The largest absolute Gasteiger partial charge is 0.396 e. The van der Waals surface area contributed by atoms with E-state index < -0.39 is 0 Å². The average molecular weight is 228 g/mol. The van der Waals surface area contributed by atoms with Gasteiger partial charge in [-0.1, -0.05) is 13.8 Å². The van der Waals surface area contributed by atoms with Crippen LogP contribution in [0.3, 0.4) is 0 Å². The van der Waals surface area contributed by atoms with E-state index in [1.165, 1.54) is 13.0 Å². The molecule has 3 nitrogen and oxygen atoms in total. The highest BCUT2D eigenvalue weighted by Gasteiger charge is 2.27. The number of aliphatic hydroxyl groups excluding tert-OH is 1. The Kier molecular flexibility index (Phi) is 5.73. The third-order valence-electron chi connectivity index (χ3n) is 4.03. The fourth-order valence-electron chi connectivity index (χ4n) is 2.59. The quantitative estimate of drug-likeness (QED) is 0.720. The highest BCUT2D eigenvalue weighted by atomic mass is 16.3. The standard InChI is InChI=1S/C13H28N2O/c1-4-13(2,10-14-3)11-15-7-5-12(9-16)6-8-15/h12,14,16H,4-11H2,1-3H3. The molecule has 0 amide bonds. The van der Waals surface area contributed by atoms with Crippen molar-refractivity contribution in [2.45, 2.75) is 33.1 Å². The van der Waals surface area contributed by atoms with E-state index in [-0.39, 0.29) is 0 Å². The second-order valence-electron chi connectivity index (χ2n) is 5.60. The summed E-state index contributed by atoms with van der Waals surface area (Å²) in [5, 5.41) is 12.4. The molecule has 0 aromatic carbocycles. The van der Waals surface area contributed by atoms with Gasteiger partial charge in [-0.15, -0.1) is 0 Å². The summed E-state index contributed by atoms with van der Waals surface area (Å²) in [5.74, 6) is 0.549. The summed E-state index contributed by atoms with van der Waals surface area (Å²) in [7, 11) is 2.03. The van der Waals surface area contributed by atoms with Gasteiger partial charge in [0, 0.05) is 19.7 Å². The predicted octanol–water partition coefficient (Wildman–Crippen LogP) is 1.33. The Morgan fingerprint density at radius 2 is 2.00 bits per heavy atom. The first-order valence-corrected chi connectivity index (χ1v) is 6.61. The van der Waals surface area contributed by atoms with Crippen LogP contribution in [0.15, 0.2) is 0 Å². The minimum atomic E-state index is 0.370. The van der Waals surface area contributed by atoms with Crippen LogP contribution in [0.5, 0.6) is 0 Å². The van der Waals surface area contributed by atoms with E-state index in [1.807, 2.05) is 7.05 Å². The number of nitrogens with one attached hydrogen (secondary N) is 1. The van der Waals surface area contributed by atoms with E-state index in [4.69, 9.17) is 5.11 Å². The van der Waals surface area contributed by atoms with Crippen LogP contribution in [0, 0.1) is 11.3 Å². The molecular formula is C13H28N2O. The molecule has 0 radical (unpaired) electrons. The lowest BCUT2D eigenvalue weighted by Gasteiger charge is -2.38. The van der Waals surface area contributed by atoms with Crippen molar-refractivity contribution < 1.29 is 5.11 Å². The van der Waals surface area contributed by atoms with Crippen LogP contribution in [-0.2, 0) is 0 Å². The minimum Gasteiger partial charge on any atom is -0.396 e. The van der Waals surface area contributed by atoms with Crippen LogP contribution in [0.25, 0.3) is 0 Å². The van der Waals surface area contributed by atoms with Crippen molar-refractivity contribution in [2.24, 2.45) is 11.3 Å². The lowest BCUT2D eigenvalue weighted by Crippen LogP contribution is -2.44. The number of hydrogen-bond acceptors (Lipinski definition) is 3. The van der Waals surface area contributed by atoms with Crippen molar-refractivity contribution in [1.29, 1.82) is 0 Å². The first-order valence-electron chi connectivity index (χ1n) is 6.61. The summed E-state index contributed by atoms with van der Waals surface area (Å²) in [6.45, 7) is 9.59. The van der Waals surface area contributed by atoms with Crippen LogP contribution in [0.2, 0.25) is 0 Å². The van der Waals surface area contributed by atoms with Gasteiger partial charge in [-0.3, -0.25) is 0 Å². The molecule has 16 heavy (non-hydrogen) atoms. The fraction of sp³-hybridized carbons (Fsp3) is 1.00. The maximum Gasteiger partial charge on any atom is 0.0460 e. The lowest BCUT2D eigenvalue weighted by molar-refractivity contribution is 0.0930. The van der Waals surface area contributed by atoms with Gasteiger partial charge >= 0.3 is 0 Å². The van der Waals surface area contributed by atoms with Gasteiger partial charge in [-0.05, 0) is 50.7 Å². The highest BCUT2D eigenvalue weighted by Crippen LogP contribution is 2.25. The van der Waals surface area contributed by atoms with Gasteiger partial charge in [-0.2, -0.15) is 0 Å². The number of hydrogen-bond donors (Lipinski definition) is 2. The first-order chi connectivity index (χ1) is 7.63. The summed E-state index contributed by atoms with van der Waals surface area (Å²) in [6, 6.07) is 0. The molecule has 1 saturated heterocycles. The minimum absolute atomic E-state index is 0.370. The normalized spacial score (nSPS) is 23.2. The van der Waals surface area contributed by atoms with Crippen LogP contribution in [0.1, 0.15) is 33.1 Å². The summed E-state index contributed by atoms with van der Waals surface area (Å²) < 4.78 is 0. The Morgan fingerprint density at radius 1 is 1.38 bits per heavy atom. The maximum atomic E-state index is 9.11. The zero-order valence-corrected chi connectivity index (χ0v) is 11.1. The average Bonchev–Trinajstić information content (AvgIpc) is 2.30. The number of likely N-dealkylation sites (tertiary alicyclic amines) is 1.